The van der Waals surface area contributed by atoms with Crippen LogP contribution in [-0.4, -0.2) is 35.7 Å². The summed E-state index contributed by atoms with van der Waals surface area (Å²) in [4.78, 5) is 2.08. The summed E-state index contributed by atoms with van der Waals surface area (Å²) in [5.74, 6) is 0. The zero-order valence-corrected chi connectivity index (χ0v) is 7.65. The van der Waals surface area contributed by atoms with Gasteiger partial charge in [0.1, 0.15) is 0 Å². The molecule has 1 aliphatic heterocycles. The molecule has 0 aromatic rings. The fourth-order valence-corrected chi connectivity index (χ4v) is 1.44. The van der Waals surface area contributed by atoms with Gasteiger partial charge in [0.25, 0.3) is 0 Å². The van der Waals surface area contributed by atoms with Crippen LogP contribution in [0.15, 0.2) is 10.6 Å². The molecule has 0 aromatic heterocycles. The highest BCUT2D eigenvalue weighted by Gasteiger charge is 2.19. The van der Waals surface area contributed by atoms with Gasteiger partial charge in [-0.25, -0.2) is 0 Å². The van der Waals surface area contributed by atoms with Gasteiger partial charge in [0.2, 0.25) is 0 Å². The van der Waals surface area contributed by atoms with Crippen LogP contribution in [0, 0.1) is 0 Å². The first kappa shape index (κ1) is 9.33. The predicted octanol–water partition coefficient (Wildman–Crippen LogP) is 1.37. The first-order chi connectivity index (χ1) is 5.22. The van der Waals surface area contributed by atoms with Gasteiger partial charge in [0.05, 0.1) is 6.10 Å². The molecular weight excluding hydrogens is 185 g/mol. The number of hydrogen-bond donors (Lipinski definition) is 1. The molecule has 2 nitrogen and oxygen atoms in total. The second-order valence-electron chi connectivity index (χ2n) is 2.73. The standard InChI is InChI=1S/C7H11Cl2NO/c8-3-6(9)4-10-2-1-7(11)5-10/h3,7,11H,1-2,4-5H2. The predicted molar refractivity (Wildman–Crippen MR) is 46.9 cm³/mol. The van der Waals surface area contributed by atoms with Crippen molar-refractivity contribution in [2.24, 2.45) is 0 Å². The molecule has 0 radical (unpaired) electrons. The zero-order chi connectivity index (χ0) is 8.27. The quantitative estimate of drug-likeness (QED) is 0.720. The van der Waals surface area contributed by atoms with E-state index in [0.29, 0.717) is 18.1 Å². The number of halogens is 2. The van der Waals surface area contributed by atoms with Gasteiger partial charge in [-0.3, -0.25) is 4.90 Å². The average molecular weight is 196 g/mol. The molecule has 4 heteroatoms. The number of aliphatic hydroxyl groups is 1. The maximum atomic E-state index is 9.15. The van der Waals surface area contributed by atoms with Crippen molar-refractivity contribution < 1.29 is 5.11 Å². The van der Waals surface area contributed by atoms with Crippen LogP contribution in [0.3, 0.4) is 0 Å². The van der Waals surface area contributed by atoms with Crippen molar-refractivity contribution in [1.82, 2.24) is 4.90 Å². The Labute approximate surface area is 76.4 Å². The number of aliphatic hydroxyl groups excluding tert-OH is 1. The minimum atomic E-state index is -0.185. The van der Waals surface area contributed by atoms with Gasteiger partial charge >= 0.3 is 0 Å². The van der Waals surface area contributed by atoms with Gasteiger partial charge in [0, 0.05) is 30.2 Å². The summed E-state index contributed by atoms with van der Waals surface area (Å²) in [5.41, 5.74) is 1.37. The lowest BCUT2D eigenvalue weighted by Gasteiger charge is -2.12. The minimum absolute atomic E-state index is 0.185. The summed E-state index contributed by atoms with van der Waals surface area (Å²) < 4.78 is 0. The first-order valence-electron chi connectivity index (χ1n) is 3.57. The maximum absolute atomic E-state index is 9.15. The maximum Gasteiger partial charge on any atom is 0.0679 e. The highest BCUT2D eigenvalue weighted by Crippen LogP contribution is 2.13. The van der Waals surface area contributed by atoms with Crippen LogP contribution in [0.2, 0.25) is 0 Å². The third-order valence-electron chi connectivity index (χ3n) is 1.74. The largest absolute Gasteiger partial charge is 0.392 e. The van der Waals surface area contributed by atoms with E-state index in [9.17, 15) is 0 Å². The average Bonchev–Trinajstić information content (AvgIpc) is 2.35. The van der Waals surface area contributed by atoms with E-state index in [-0.39, 0.29) is 6.10 Å². The van der Waals surface area contributed by atoms with E-state index in [2.05, 4.69) is 4.90 Å². The number of β-amino-alcohol motifs (C(OH)–C–C–N with tert-alkyl or cyclic N) is 1. The fourth-order valence-electron chi connectivity index (χ4n) is 1.20. The summed E-state index contributed by atoms with van der Waals surface area (Å²) in [5, 5.41) is 9.77. The Hall–Kier alpha value is 0.240. The molecule has 11 heavy (non-hydrogen) atoms. The van der Waals surface area contributed by atoms with Crippen LogP contribution < -0.4 is 0 Å². The van der Waals surface area contributed by atoms with Crippen LogP contribution in [0.5, 0.6) is 0 Å². The second kappa shape index (κ2) is 4.31. The Bertz CT molecular complexity index is 161. The Morgan fingerprint density at radius 1 is 1.73 bits per heavy atom. The first-order valence-corrected chi connectivity index (χ1v) is 4.39. The van der Waals surface area contributed by atoms with Crippen molar-refractivity contribution >= 4 is 23.2 Å². The number of nitrogens with zero attached hydrogens (tertiary/aromatic N) is 1. The topological polar surface area (TPSA) is 23.5 Å². The highest BCUT2D eigenvalue weighted by atomic mass is 35.5. The van der Waals surface area contributed by atoms with E-state index in [1.807, 2.05) is 0 Å². The molecule has 0 spiro atoms. The third kappa shape index (κ3) is 2.99. The van der Waals surface area contributed by atoms with E-state index in [1.165, 1.54) is 5.54 Å². The SMILES string of the molecule is OC1CCN(CC(Cl)=CCl)C1. The molecule has 0 aromatic carbocycles. The van der Waals surface area contributed by atoms with Crippen LogP contribution in [0.4, 0.5) is 0 Å². The van der Waals surface area contributed by atoms with Crippen LogP contribution in [0.25, 0.3) is 0 Å². The number of rotatable bonds is 2. The number of hydrogen-bond acceptors (Lipinski definition) is 2. The molecule has 0 aliphatic carbocycles. The molecule has 1 unspecified atom stereocenters. The van der Waals surface area contributed by atoms with Crippen molar-refractivity contribution in [2.45, 2.75) is 12.5 Å². The minimum Gasteiger partial charge on any atom is -0.392 e. The Kier molecular flexibility index (Phi) is 3.66. The summed E-state index contributed by atoms with van der Waals surface area (Å²) in [6.45, 7) is 2.27. The lowest BCUT2D eigenvalue weighted by atomic mass is 10.3. The van der Waals surface area contributed by atoms with Gasteiger partial charge in [-0.2, -0.15) is 0 Å². The normalized spacial score (nSPS) is 27.9. The van der Waals surface area contributed by atoms with E-state index < -0.39 is 0 Å². The lowest BCUT2D eigenvalue weighted by Crippen LogP contribution is -2.23. The van der Waals surface area contributed by atoms with Gasteiger partial charge in [-0.1, -0.05) is 23.2 Å². The number of likely N-dealkylation sites (tertiary alicyclic amines) is 1. The van der Waals surface area contributed by atoms with E-state index >= 15 is 0 Å². The van der Waals surface area contributed by atoms with Crippen molar-refractivity contribution in [3.63, 3.8) is 0 Å². The van der Waals surface area contributed by atoms with Crippen LogP contribution in [-0.2, 0) is 0 Å². The molecular formula is C7H11Cl2NO. The summed E-state index contributed by atoms with van der Waals surface area (Å²) in [6.07, 6.45) is 0.654. The molecule has 1 atom stereocenters. The Balaban J connectivity index is 2.28. The molecule has 1 aliphatic rings. The summed E-state index contributed by atoms with van der Waals surface area (Å²) in [6, 6.07) is 0. The monoisotopic (exact) mass is 195 g/mol. The van der Waals surface area contributed by atoms with Crippen molar-refractivity contribution in [1.29, 1.82) is 0 Å². The van der Waals surface area contributed by atoms with Crippen molar-refractivity contribution in [3.8, 4) is 0 Å². The van der Waals surface area contributed by atoms with Gasteiger partial charge in [0.15, 0.2) is 0 Å². The molecule has 1 N–H and O–H groups in total. The smallest absolute Gasteiger partial charge is 0.0679 e. The summed E-state index contributed by atoms with van der Waals surface area (Å²) in [7, 11) is 0. The van der Waals surface area contributed by atoms with Gasteiger partial charge < -0.3 is 5.11 Å². The summed E-state index contributed by atoms with van der Waals surface area (Å²) >= 11 is 11.1. The van der Waals surface area contributed by atoms with Crippen LogP contribution >= 0.6 is 23.2 Å². The van der Waals surface area contributed by atoms with E-state index in [4.69, 9.17) is 28.3 Å². The van der Waals surface area contributed by atoms with E-state index in [0.717, 1.165) is 13.0 Å². The molecule has 1 saturated heterocycles. The van der Waals surface area contributed by atoms with Crippen molar-refractivity contribution in [3.05, 3.63) is 10.6 Å². The third-order valence-corrected chi connectivity index (χ3v) is 2.34. The molecule has 64 valence electrons. The second-order valence-corrected chi connectivity index (χ2v) is 3.44. The van der Waals surface area contributed by atoms with Crippen molar-refractivity contribution in [2.75, 3.05) is 19.6 Å². The molecule has 0 bridgehead atoms. The molecule has 1 heterocycles. The molecule has 1 fully saturated rings. The molecule has 1 rings (SSSR count). The Morgan fingerprint density at radius 3 is 2.91 bits per heavy atom. The molecule has 0 amide bonds. The van der Waals surface area contributed by atoms with Gasteiger partial charge in [-0.05, 0) is 6.42 Å². The zero-order valence-electron chi connectivity index (χ0n) is 6.13. The lowest BCUT2D eigenvalue weighted by molar-refractivity contribution is 0.179. The van der Waals surface area contributed by atoms with E-state index in [1.54, 1.807) is 0 Å². The Morgan fingerprint density at radius 2 is 2.45 bits per heavy atom. The highest BCUT2D eigenvalue weighted by molar-refractivity contribution is 6.36. The van der Waals surface area contributed by atoms with Crippen LogP contribution in [0.1, 0.15) is 6.42 Å². The van der Waals surface area contributed by atoms with Gasteiger partial charge in [-0.15, -0.1) is 0 Å². The molecule has 0 saturated carbocycles. The fraction of sp³-hybridized carbons (Fsp3) is 0.714.